The number of amides is 1. The Balaban J connectivity index is 1.70. The maximum Gasteiger partial charge on any atom is 0.237 e. The molecule has 1 aromatic heterocycles. The summed E-state index contributed by atoms with van der Waals surface area (Å²) in [6.45, 7) is 8.14. The molecular weight excluding hydrogens is 388 g/mol. The van der Waals surface area contributed by atoms with E-state index in [-0.39, 0.29) is 11.2 Å². The van der Waals surface area contributed by atoms with Crippen molar-refractivity contribution in [2.75, 3.05) is 5.32 Å². The molecule has 2 aromatic carbocycles. The maximum absolute atomic E-state index is 12.8. The average Bonchev–Trinajstić information content (AvgIpc) is 3.04. The van der Waals surface area contributed by atoms with Gasteiger partial charge in [-0.2, -0.15) is 0 Å². The number of thioether (sulfide) groups is 1. The van der Waals surface area contributed by atoms with Gasteiger partial charge in [-0.3, -0.25) is 4.79 Å². The topological polar surface area (TPSA) is 59.8 Å². The van der Waals surface area contributed by atoms with Crippen molar-refractivity contribution in [2.24, 2.45) is 0 Å². The van der Waals surface area contributed by atoms with E-state index in [2.05, 4.69) is 34.2 Å². The van der Waals surface area contributed by atoms with Gasteiger partial charge in [0.2, 0.25) is 5.91 Å². The number of anilines is 1. The van der Waals surface area contributed by atoms with Gasteiger partial charge in [-0.05, 0) is 38.1 Å². The highest BCUT2D eigenvalue weighted by atomic mass is 32.2. The van der Waals surface area contributed by atoms with Gasteiger partial charge in [0.25, 0.3) is 0 Å². The molecule has 3 aromatic rings. The first-order valence-corrected chi connectivity index (χ1v) is 10.6. The SMILES string of the molecule is C=CCn1c(C)nnc1S[C@H](C)C(=O)Nc1ccccc1Sc1ccccc1. The molecule has 0 bridgehead atoms. The normalized spacial score (nSPS) is 11.8. The third-order valence-corrected chi connectivity index (χ3v) is 6.15. The van der Waals surface area contributed by atoms with Crippen molar-refractivity contribution in [3.63, 3.8) is 0 Å². The van der Waals surface area contributed by atoms with Gasteiger partial charge in [0.1, 0.15) is 5.82 Å². The molecule has 0 aliphatic heterocycles. The van der Waals surface area contributed by atoms with E-state index in [4.69, 9.17) is 0 Å². The number of carbonyl (C=O) groups is 1. The minimum Gasteiger partial charge on any atom is -0.324 e. The van der Waals surface area contributed by atoms with Crippen molar-refractivity contribution in [3.8, 4) is 0 Å². The quantitative estimate of drug-likeness (QED) is 0.416. The Morgan fingerprint density at radius 2 is 1.89 bits per heavy atom. The number of benzene rings is 2. The van der Waals surface area contributed by atoms with Crippen LogP contribution < -0.4 is 5.32 Å². The van der Waals surface area contributed by atoms with Crippen LogP contribution in [0.1, 0.15) is 12.7 Å². The minimum absolute atomic E-state index is 0.0723. The van der Waals surface area contributed by atoms with Gasteiger partial charge in [-0.15, -0.1) is 16.8 Å². The van der Waals surface area contributed by atoms with E-state index in [1.165, 1.54) is 11.8 Å². The van der Waals surface area contributed by atoms with Gasteiger partial charge in [-0.25, -0.2) is 0 Å². The largest absolute Gasteiger partial charge is 0.324 e. The zero-order valence-corrected chi connectivity index (χ0v) is 17.5. The van der Waals surface area contributed by atoms with E-state index in [0.29, 0.717) is 11.7 Å². The van der Waals surface area contributed by atoms with Crippen LogP contribution in [0.25, 0.3) is 0 Å². The Kier molecular flexibility index (Phi) is 6.95. The van der Waals surface area contributed by atoms with Crippen molar-refractivity contribution in [2.45, 2.75) is 40.6 Å². The minimum atomic E-state index is -0.318. The number of hydrogen-bond acceptors (Lipinski definition) is 5. The van der Waals surface area contributed by atoms with E-state index < -0.39 is 0 Å². The molecule has 0 radical (unpaired) electrons. The second-order valence-electron chi connectivity index (χ2n) is 6.09. The van der Waals surface area contributed by atoms with Gasteiger partial charge in [0.15, 0.2) is 5.16 Å². The molecule has 0 aliphatic rings. The van der Waals surface area contributed by atoms with Gasteiger partial charge < -0.3 is 9.88 Å². The molecule has 1 amide bonds. The lowest BCUT2D eigenvalue weighted by molar-refractivity contribution is -0.115. The van der Waals surface area contributed by atoms with Crippen LogP contribution in [0.3, 0.4) is 0 Å². The van der Waals surface area contributed by atoms with Crippen molar-refractivity contribution < 1.29 is 4.79 Å². The number of nitrogens with zero attached hydrogens (tertiary/aromatic N) is 3. The molecule has 1 heterocycles. The Labute approximate surface area is 173 Å². The second-order valence-corrected chi connectivity index (χ2v) is 8.51. The fourth-order valence-electron chi connectivity index (χ4n) is 2.51. The van der Waals surface area contributed by atoms with E-state index in [9.17, 15) is 4.79 Å². The van der Waals surface area contributed by atoms with Crippen LogP contribution >= 0.6 is 23.5 Å². The molecule has 1 N–H and O–H groups in total. The van der Waals surface area contributed by atoms with Crippen LogP contribution in [0.4, 0.5) is 5.69 Å². The Bertz CT molecular complexity index is 956. The molecule has 5 nitrogen and oxygen atoms in total. The summed E-state index contributed by atoms with van der Waals surface area (Å²) in [5.41, 5.74) is 0.803. The van der Waals surface area contributed by atoms with Crippen LogP contribution in [0.5, 0.6) is 0 Å². The van der Waals surface area contributed by atoms with Crippen LogP contribution in [-0.2, 0) is 11.3 Å². The van der Waals surface area contributed by atoms with Crippen molar-refractivity contribution in [1.82, 2.24) is 14.8 Å². The molecule has 3 rings (SSSR count). The molecule has 0 spiro atoms. The van der Waals surface area contributed by atoms with E-state index in [0.717, 1.165) is 21.3 Å². The first-order valence-electron chi connectivity index (χ1n) is 8.88. The summed E-state index contributed by atoms with van der Waals surface area (Å²) in [7, 11) is 0. The monoisotopic (exact) mass is 410 g/mol. The van der Waals surface area contributed by atoms with Crippen molar-refractivity contribution in [3.05, 3.63) is 73.1 Å². The number of hydrogen-bond donors (Lipinski definition) is 1. The molecule has 0 saturated carbocycles. The summed E-state index contributed by atoms with van der Waals surface area (Å²) in [6, 6.07) is 17.9. The standard InChI is InChI=1S/C21H22N4OS2/c1-4-14-25-16(3)23-24-21(25)27-15(2)20(26)22-18-12-8-9-13-19(18)28-17-10-6-5-7-11-17/h4-13,15H,1,14H2,2-3H3,(H,22,26)/t15-/m1/s1. The maximum atomic E-state index is 12.8. The van der Waals surface area contributed by atoms with Gasteiger partial charge in [-0.1, -0.05) is 59.9 Å². The summed E-state index contributed by atoms with van der Waals surface area (Å²) < 4.78 is 1.95. The predicted molar refractivity (Wildman–Crippen MR) is 116 cm³/mol. The van der Waals surface area contributed by atoms with E-state index in [1.807, 2.05) is 60.9 Å². The number of aromatic nitrogens is 3. The highest BCUT2D eigenvalue weighted by Gasteiger charge is 2.20. The molecule has 1 atom stereocenters. The third kappa shape index (κ3) is 5.05. The fraction of sp³-hybridized carbons (Fsp3) is 0.190. The number of para-hydroxylation sites is 1. The van der Waals surface area contributed by atoms with E-state index >= 15 is 0 Å². The Morgan fingerprint density at radius 3 is 2.64 bits per heavy atom. The molecular formula is C21H22N4OS2. The molecule has 0 fully saturated rings. The van der Waals surface area contributed by atoms with Crippen molar-refractivity contribution >= 4 is 35.1 Å². The fourth-order valence-corrected chi connectivity index (χ4v) is 4.34. The third-order valence-electron chi connectivity index (χ3n) is 3.98. The highest BCUT2D eigenvalue weighted by molar-refractivity contribution is 8.00. The lowest BCUT2D eigenvalue weighted by atomic mass is 10.3. The lowest BCUT2D eigenvalue weighted by Gasteiger charge is -2.14. The number of aryl methyl sites for hydroxylation is 1. The number of nitrogens with one attached hydrogen (secondary N) is 1. The lowest BCUT2D eigenvalue weighted by Crippen LogP contribution is -2.23. The van der Waals surface area contributed by atoms with Crippen LogP contribution in [0.2, 0.25) is 0 Å². The van der Waals surface area contributed by atoms with Gasteiger partial charge >= 0.3 is 0 Å². The molecule has 28 heavy (non-hydrogen) atoms. The number of carbonyl (C=O) groups excluding carboxylic acids is 1. The summed E-state index contributed by atoms with van der Waals surface area (Å²) in [5, 5.41) is 11.7. The Morgan fingerprint density at radius 1 is 1.18 bits per heavy atom. The molecule has 0 saturated heterocycles. The second kappa shape index (κ2) is 9.61. The predicted octanol–water partition coefficient (Wildman–Crippen LogP) is 5.04. The van der Waals surface area contributed by atoms with Crippen LogP contribution in [0.15, 0.2) is 82.2 Å². The summed E-state index contributed by atoms with van der Waals surface area (Å²) in [5.74, 6) is 0.733. The van der Waals surface area contributed by atoms with E-state index in [1.54, 1.807) is 17.8 Å². The van der Waals surface area contributed by atoms with Crippen LogP contribution in [-0.4, -0.2) is 25.9 Å². The number of rotatable bonds is 8. The highest BCUT2D eigenvalue weighted by Crippen LogP contribution is 2.33. The zero-order valence-electron chi connectivity index (χ0n) is 15.8. The Hall–Kier alpha value is -2.51. The molecule has 7 heteroatoms. The first-order chi connectivity index (χ1) is 13.6. The molecule has 0 aliphatic carbocycles. The summed E-state index contributed by atoms with van der Waals surface area (Å²) >= 11 is 3.02. The smallest absolute Gasteiger partial charge is 0.237 e. The van der Waals surface area contributed by atoms with Crippen LogP contribution in [0, 0.1) is 6.92 Å². The number of allylic oxidation sites excluding steroid dienone is 1. The molecule has 144 valence electrons. The van der Waals surface area contributed by atoms with Crippen molar-refractivity contribution in [1.29, 1.82) is 0 Å². The summed E-state index contributed by atoms with van der Waals surface area (Å²) in [6.07, 6.45) is 1.79. The van der Waals surface area contributed by atoms with Gasteiger partial charge in [0.05, 0.1) is 10.9 Å². The zero-order chi connectivity index (χ0) is 19.9. The summed E-state index contributed by atoms with van der Waals surface area (Å²) in [4.78, 5) is 14.9. The molecule has 0 unspecified atom stereocenters. The van der Waals surface area contributed by atoms with Gasteiger partial charge in [0, 0.05) is 16.3 Å². The first kappa shape index (κ1) is 20.2. The average molecular weight is 411 g/mol.